The van der Waals surface area contributed by atoms with Gasteiger partial charge in [-0.1, -0.05) is 12.1 Å². The summed E-state index contributed by atoms with van der Waals surface area (Å²) in [4.78, 5) is 24.2. The van der Waals surface area contributed by atoms with Crippen molar-refractivity contribution in [2.45, 2.75) is 6.92 Å². The molecule has 2 amide bonds. The van der Waals surface area contributed by atoms with Crippen molar-refractivity contribution in [3.8, 4) is 5.75 Å². The van der Waals surface area contributed by atoms with Gasteiger partial charge in [0.2, 0.25) is 5.91 Å². The molecule has 0 bridgehead atoms. The average Bonchev–Trinajstić information content (AvgIpc) is 2.99. The van der Waals surface area contributed by atoms with Crippen molar-refractivity contribution in [2.75, 3.05) is 19.0 Å². The third kappa shape index (κ3) is 4.06. The minimum atomic E-state index is -0.302. The zero-order valence-corrected chi connectivity index (χ0v) is 12.6. The van der Waals surface area contributed by atoms with Gasteiger partial charge in [-0.3, -0.25) is 9.59 Å². The Morgan fingerprint density at radius 2 is 2.10 bits per heavy atom. The molecule has 0 unspecified atom stereocenters. The van der Waals surface area contributed by atoms with E-state index in [9.17, 15) is 9.59 Å². The molecule has 2 rings (SSSR count). The molecule has 6 heteroatoms. The summed E-state index contributed by atoms with van der Waals surface area (Å²) in [5, 5.41) is 7.12. The number of carbonyl (C=O) groups excluding carboxylic acids is 2. The second kappa shape index (κ2) is 6.90. The number of hydrogen-bond donors (Lipinski definition) is 2. The van der Waals surface area contributed by atoms with Gasteiger partial charge in [0.25, 0.3) is 5.91 Å². The van der Waals surface area contributed by atoms with Crippen molar-refractivity contribution in [3.63, 3.8) is 0 Å². The van der Waals surface area contributed by atoms with Crippen molar-refractivity contribution in [2.24, 2.45) is 0 Å². The molecule has 1 aromatic heterocycles. The number of nitrogens with one attached hydrogen (secondary N) is 2. The molecule has 21 heavy (non-hydrogen) atoms. The zero-order valence-electron chi connectivity index (χ0n) is 11.8. The number of aryl methyl sites for hydroxylation is 1. The summed E-state index contributed by atoms with van der Waals surface area (Å²) in [6.07, 6.45) is 0. The van der Waals surface area contributed by atoms with Crippen molar-refractivity contribution in [1.82, 2.24) is 5.32 Å². The highest BCUT2D eigenvalue weighted by molar-refractivity contribution is 7.12. The summed E-state index contributed by atoms with van der Waals surface area (Å²) in [6, 6.07) is 9.00. The molecule has 0 spiro atoms. The van der Waals surface area contributed by atoms with E-state index in [0.29, 0.717) is 16.3 Å². The van der Waals surface area contributed by atoms with Gasteiger partial charge < -0.3 is 15.4 Å². The quantitative estimate of drug-likeness (QED) is 0.891. The van der Waals surface area contributed by atoms with Crippen LogP contribution in [0.2, 0.25) is 0 Å². The van der Waals surface area contributed by atoms with Gasteiger partial charge in [0.1, 0.15) is 5.75 Å². The molecule has 2 aromatic rings. The van der Waals surface area contributed by atoms with E-state index in [1.54, 1.807) is 25.3 Å². The molecule has 0 aliphatic carbocycles. The fourth-order valence-electron chi connectivity index (χ4n) is 1.77. The highest BCUT2D eigenvalue weighted by Gasteiger charge is 2.11. The van der Waals surface area contributed by atoms with Crippen LogP contribution in [0.5, 0.6) is 5.75 Å². The SMILES string of the molecule is COc1ccc(C)cc1NC(=O)CNC(=O)c1cccs1. The molecule has 0 aliphatic heterocycles. The molecular formula is C15H16N2O3S. The number of ether oxygens (including phenoxy) is 1. The fraction of sp³-hybridized carbons (Fsp3) is 0.200. The molecule has 0 saturated carbocycles. The van der Waals surface area contributed by atoms with Gasteiger partial charge >= 0.3 is 0 Å². The van der Waals surface area contributed by atoms with Gasteiger partial charge in [-0.25, -0.2) is 0 Å². The first-order valence-electron chi connectivity index (χ1n) is 6.36. The Bertz CT molecular complexity index is 638. The molecule has 1 aromatic carbocycles. The minimum Gasteiger partial charge on any atom is -0.495 e. The largest absolute Gasteiger partial charge is 0.495 e. The maximum absolute atomic E-state index is 11.9. The first kappa shape index (κ1) is 15.1. The topological polar surface area (TPSA) is 67.4 Å². The second-order valence-corrected chi connectivity index (χ2v) is 5.36. The summed E-state index contributed by atoms with van der Waals surface area (Å²) in [5.41, 5.74) is 1.60. The van der Waals surface area contributed by atoms with Crippen LogP contribution in [-0.4, -0.2) is 25.5 Å². The Morgan fingerprint density at radius 1 is 1.29 bits per heavy atom. The number of anilines is 1. The molecule has 2 N–H and O–H groups in total. The maximum Gasteiger partial charge on any atom is 0.261 e. The van der Waals surface area contributed by atoms with Gasteiger partial charge in [0, 0.05) is 0 Å². The third-order valence-electron chi connectivity index (χ3n) is 2.78. The first-order valence-corrected chi connectivity index (χ1v) is 7.24. The lowest BCUT2D eigenvalue weighted by molar-refractivity contribution is -0.115. The standard InChI is InChI=1S/C15H16N2O3S/c1-10-5-6-12(20-2)11(8-10)17-14(18)9-16-15(19)13-4-3-7-21-13/h3-8H,9H2,1-2H3,(H,16,19)(H,17,18). The van der Waals surface area contributed by atoms with E-state index in [1.807, 2.05) is 24.4 Å². The molecule has 110 valence electrons. The van der Waals surface area contributed by atoms with Crippen molar-refractivity contribution in [1.29, 1.82) is 0 Å². The third-order valence-corrected chi connectivity index (χ3v) is 3.65. The lowest BCUT2D eigenvalue weighted by Gasteiger charge is -2.11. The van der Waals surface area contributed by atoms with Crippen molar-refractivity contribution >= 4 is 28.8 Å². The molecular weight excluding hydrogens is 288 g/mol. The normalized spacial score (nSPS) is 10.0. The Labute approximate surface area is 126 Å². The van der Waals surface area contributed by atoms with Gasteiger partial charge in [-0.2, -0.15) is 0 Å². The number of rotatable bonds is 5. The minimum absolute atomic E-state index is 0.0895. The molecule has 0 fully saturated rings. The van der Waals surface area contributed by atoms with Crippen molar-refractivity contribution in [3.05, 3.63) is 46.2 Å². The van der Waals surface area contributed by atoms with Crippen molar-refractivity contribution < 1.29 is 14.3 Å². The van der Waals surface area contributed by atoms with E-state index in [0.717, 1.165) is 5.56 Å². The number of methoxy groups -OCH3 is 1. The van der Waals surface area contributed by atoms with Gasteiger partial charge in [-0.15, -0.1) is 11.3 Å². The van der Waals surface area contributed by atoms with Crippen LogP contribution in [0, 0.1) is 6.92 Å². The van der Waals surface area contributed by atoms with Gasteiger partial charge in [0.05, 0.1) is 24.2 Å². The zero-order chi connectivity index (χ0) is 15.2. The smallest absolute Gasteiger partial charge is 0.261 e. The summed E-state index contributed by atoms with van der Waals surface area (Å²) in [5.74, 6) is 0.0266. The number of amides is 2. The van der Waals surface area contributed by atoms with Crippen LogP contribution in [0.25, 0.3) is 0 Å². The Hall–Kier alpha value is -2.34. The van der Waals surface area contributed by atoms with E-state index in [2.05, 4.69) is 10.6 Å². The van der Waals surface area contributed by atoms with Crippen LogP contribution in [0.4, 0.5) is 5.69 Å². The summed E-state index contributed by atoms with van der Waals surface area (Å²) < 4.78 is 5.19. The number of thiophene rings is 1. The first-order chi connectivity index (χ1) is 10.1. The second-order valence-electron chi connectivity index (χ2n) is 4.41. The molecule has 0 atom stereocenters. The van der Waals surface area contributed by atoms with Crippen LogP contribution in [0.15, 0.2) is 35.7 Å². The maximum atomic E-state index is 11.9. The van der Waals surface area contributed by atoms with Crippen LogP contribution < -0.4 is 15.4 Å². The summed E-state index contributed by atoms with van der Waals surface area (Å²) in [7, 11) is 1.54. The average molecular weight is 304 g/mol. The monoisotopic (exact) mass is 304 g/mol. The number of benzene rings is 1. The summed E-state index contributed by atoms with van der Waals surface area (Å²) >= 11 is 1.33. The molecule has 0 saturated heterocycles. The van der Waals surface area contributed by atoms with E-state index in [4.69, 9.17) is 4.74 Å². The lowest BCUT2D eigenvalue weighted by atomic mass is 10.2. The van der Waals surface area contributed by atoms with Crippen LogP contribution >= 0.6 is 11.3 Å². The number of hydrogen-bond acceptors (Lipinski definition) is 4. The van der Waals surface area contributed by atoms with E-state index in [1.165, 1.54) is 11.3 Å². The van der Waals surface area contributed by atoms with E-state index in [-0.39, 0.29) is 18.4 Å². The van der Waals surface area contributed by atoms with Gasteiger partial charge in [0.15, 0.2) is 0 Å². The lowest BCUT2D eigenvalue weighted by Crippen LogP contribution is -2.32. The highest BCUT2D eigenvalue weighted by atomic mass is 32.1. The van der Waals surface area contributed by atoms with E-state index < -0.39 is 0 Å². The van der Waals surface area contributed by atoms with Crippen LogP contribution in [-0.2, 0) is 4.79 Å². The number of carbonyl (C=O) groups is 2. The fourth-order valence-corrected chi connectivity index (χ4v) is 2.41. The summed E-state index contributed by atoms with van der Waals surface area (Å²) in [6.45, 7) is 1.83. The molecule has 0 aliphatic rings. The van der Waals surface area contributed by atoms with E-state index >= 15 is 0 Å². The Kier molecular flexibility index (Phi) is 4.94. The molecule has 5 nitrogen and oxygen atoms in total. The Balaban J connectivity index is 1.93. The molecule has 0 radical (unpaired) electrons. The van der Waals surface area contributed by atoms with Gasteiger partial charge in [-0.05, 0) is 36.1 Å². The highest BCUT2D eigenvalue weighted by Crippen LogP contribution is 2.24. The van der Waals surface area contributed by atoms with Crippen LogP contribution in [0.1, 0.15) is 15.2 Å². The predicted octanol–water partition coefficient (Wildman–Crippen LogP) is 2.43. The van der Waals surface area contributed by atoms with Crippen LogP contribution in [0.3, 0.4) is 0 Å². The Morgan fingerprint density at radius 3 is 2.76 bits per heavy atom. The predicted molar refractivity (Wildman–Crippen MR) is 83.0 cm³/mol. The molecule has 1 heterocycles.